The van der Waals surface area contributed by atoms with Crippen molar-refractivity contribution in [3.8, 4) is 11.5 Å². The number of hydrogen-bond acceptors (Lipinski definition) is 6. The van der Waals surface area contributed by atoms with E-state index in [2.05, 4.69) is 0 Å². The number of hydrogen-bond donors (Lipinski definition) is 1. The summed E-state index contributed by atoms with van der Waals surface area (Å²) in [5.41, 5.74) is 0.766. The lowest BCUT2D eigenvalue weighted by Gasteiger charge is -2.22. The largest absolute Gasteiger partial charge is 0.480 e. The lowest BCUT2D eigenvalue weighted by atomic mass is 10.1. The minimum Gasteiger partial charge on any atom is -0.480 e. The van der Waals surface area contributed by atoms with Crippen molar-refractivity contribution >= 4 is 46.3 Å². The summed E-state index contributed by atoms with van der Waals surface area (Å²) in [5.74, 6) is -0.136. The van der Waals surface area contributed by atoms with Gasteiger partial charge in [0.15, 0.2) is 11.5 Å². The van der Waals surface area contributed by atoms with Gasteiger partial charge in [-0.1, -0.05) is 43.4 Å². The third kappa shape index (κ3) is 3.11. The van der Waals surface area contributed by atoms with E-state index in [1.54, 1.807) is 24.3 Å². The molecule has 1 aromatic rings. The predicted octanol–water partition coefficient (Wildman–Crippen LogP) is 2.87. The molecular weight excluding hydrogens is 350 g/mol. The molecule has 1 amide bonds. The van der Waals surface area contributed by atoms with Gasteiger partial charge in [0.2, 0.25) is 6.79 Å². The summed E-state index contributed by atoms with van der Waals surface area (Å²) in [6.45, 7) is 2.05. The summed E-state index contributed by atoms with van der Waals surface area (Å²) in [7, 11) is 0. The van der Waals surface area contributed by atoms with E-state index in [0.29, 0.717) is 29.2 Å². The molecule has 1 aromatic carbocycles. The molecule has 1 atom stereocenters. The molecule has 8 heteroatoms. The summed E-state index contributed by atoms with van der Waals surface area (Å²) >= 11 is 6.33. The summed E-state index contributed by atoms with van der Waals surface area (Å²) in [5, 5.41) is 9.37. The van der Waals surface area contributed by atoms with Crippen molar-refractivity contribution in [3.63, 3.8) is 0 Å². The van der Waals surface area contributed by atoms with Gasteiger partial charge in [-0.2, -0.15) is 0 Å². The highest BCUT2D eigenvalue weighted by Gasteiger charge is 2.39. The maximum absolute atomic E-state index is 12.6. The maximum Gasteiger partial charge on any atom is 0.326 e. The Hall–Kier alpha value is -2.06. The van der Waals surface area contributed by atoms with Crippen LogP contribution in [0.4, 0.5) is 0 Å². The SMILES string of the molecule is CCC[C@H](C(=O)O)N1C(=O)/C(=C/c2ccc3c(c2)OCO3)SC1=S. The number of nitrogens with zero attached hydrogens (tertiary/aromatic N) is 1. The van der Waals surface area contributed by atoms with E-state index in [0.717, 1.165) is 17.3 Å². The van der Waals surface area contributed by atoms with Gasteiger partial charge in [-0.25, -0.2) is 4.79 Å². The van der Waals surface area contributed by atoms with Crippen LogP contribution < -0.4 is 9.47 Å². The second-order valence-corrected chi connectivity index (χ2v) is 6.98. The minimum absolute atomic E-state index is 0.179. The van der Waals surface area contributed by atoms with Crippen molar-refractivity contribution in [2.45, 2.75) is 25.8 Å². The fourth-order valence-electron chi connectivity index (χ4n) is 2.54. The van der Waals surface area contributed by atoms with Gasteiger partial charge in [-0.15, -0.1) is 0 Å². The first kappa shape index (κ1) is 16.8. The number of amides is 1. The van der Waals surface area contributed by atoms with Crippen LogP contribution in [0, 0.1) is 0 Å². The normalized spacial score (nSPS) is 19.2. The second kappa shape index (κ2) is 6.82. The van der Waals surface area contributed by atoms with Crippen molar-refractivity contribution in [2.24, 2.45) is 0 Å². The molecule has 1 N–H and O–H groups in total. The van der Waals surface area contributed by atoms with Gasteiger partial charge in [0, 0.05) is 0 Å². The van der Waals surface area contributed by atoms with Crippen LogP contribution in [-0.4, -0.2) is 39.0 Å². The topological polar surface area (TPSA) is 76.1 Å². The first-order valence-corrected chi connectivity index (χ1v) is 8.63. The lowest BCUT2D eigenvalue weighted by molar-refractivity contribution is -0.145. The highest BCUT2D eigenvalue weighted by molar-refractivity contribution is 8.26. The Morgan fingerprint density at radius 2 is 2.21 bits per heavy atom. The molecule has 2 aliphatic heterocycles. The van der Waals surface area contributed by atoms with Crippen LogP contribution in [0.1, 0.15) is 25.3 Å². The van der Waals surface area contributed by atoms with Crippen molar-refractivity contribution in [3.05, 3.63) is 28.7 Å². The van der Waals surface area contributed by atoms with E-state index in [4.69, 9.17) is 21.7 Å². The zero-order chi connectivity index (χ0) is 17.3. The molecule has 6 nitrogen and oxygen atoms in total. The van der Waals surface area contributed by atoms with E-state index in [1.807, 2.05) is 6.92 Å². The summed E-state index contributed by atoms with van der Waals surface area (Å²) in [6, 6.07) is 4.42. The molecule has 0 radical (unpaired) electrons. The van der Waals surface area contributed by atoms with Gasteiger partial charge in [0.1, 0.15) is 10.4 Å². The standard InChI is InChI=1S/C16H15NO5S2/c1-2-3-10(15(19)20)17-14(18)13(24-16(17)23)7-9-4-5-11-12(6-9)22-8-21-11/h4-7,10H,2-3,8H2,1H3,(H,19,20)/b13-7-/t10-/m1/s1. The van der Waals surface area contributed by atoms with Gasteiger partial charge in [-0.3, -0.25) is 9.69 Å². The van der Waals surface area contributed by atoms with Crippen molar-refractivity contribution in [1.82, 2.24) is 4.90 Å². The highest BCUT2D eigenvalue weighted by atomic mass is 32.2. The average molecular weight is 365 g/mol. The number of thiocarbonyl (C=S) groups is 1. The zero-order valence-corrected chi connectivity index (χ0v) is 14.5. The number of ether oxygens (including phenoxy) is 2. The molecular formula is C16H15NO5S2. The number of benzene rings is 1. The van der Waals surface area contributed by atoms with Gasteiger partial charge >= 0.3 is 5.97 Å². The third-order valence-corrected chi connectivity index (χ3v) is 5.01. The Morgan fingerprint density at radius 1 is 1.46 bits per heavy atom. The van der Waals surface area contributed by atoms with Crippen molar-refractivity contribution < 1.29 is 24.2 Å². The van der Waals surface area contributed by atoms with Crippen LogP contribution in [0.3, 0.4) is 0 Å². The fraction of sp³-hybridized carbons (Fsp3) is 0.312. The number of carboxylic acid groups (broad SMARTS) is 1. The summed E-state index contributed by atoms with van der Waals surface area (Å²) < 4.78 is 10.8. The van der Waals surface area contributed by atoms with Gasteiger partial charge in [0.25, 0.3) is 5.91 Å². The van der Waals surface area contributed by atoms with Crippen LogP contribution >= 0.6 is 24.0 Å². The maximum atomic E-state index is 12.6. The molecule has 24 heavy (non-hydrogen) atoms. The van der Waals surface area contributed by atoms with Gasteiger partial charge < -0.3 is 14.6 Å². The van der Waals surface area contributed by atoms with Crippen molar-refractivity contribution in [1.29, 1.82) is 0 Å². The third-order valence-electron chi connectivity index (χ3n) is 3.68. The number of carbonyl (C=O) groups excluding carboxylic acids is 1. The molecule has 0 bridgehead atoms. The first-order valence-electron chi connectivity index (χ1n) is 7.40. The minimum atomic E-state index is -1.04. The number of carbonyl (C=O) groups is 2. The number of rotatable bonds is 5. The zero-order valence-electron chi connectivity index (χ0n) is 12.9. The molecule has 0 unspecified atom stereocenters. The van der Waals surface area contributed by atoms with Crippen LogP contribution in [-0.2, 0) is 9.59 Å². The first-order chi connectivity index (χ1) is 11.5. The van der Waals surface area contributed by atoms with E-state index in [1.165, 1.54) is 4.90 Å². The van der Waals surface area contributed by atoms with Crippen LogP contribution in [0.5, 0.6) is 11.5 Å². The van der Waals surface area contributed by atoms with E-state index < -0.39 is 12.0 Å². The molecule has 126 valence electrons. The Balaban J connectivity index is 1.86. The molecule has 3 rings (SSSR count). The van der Waals surface area contributed by atoms with E-state index in [9.17, 15) is 14.7 Å². The quantitative estimate of drug-likeness (QED) is 0.635. The van der Waals surface area contributed by atoms with Crippen LogP contribution in [0.2, 0.25) is 0 Å². The monoisotopic (exact) mass is 365 g/mol. The highest BCUT2D eigenvalue weighted by Crippen LogP contribution is 2.37. The molecule has 0 aromatic heterocycles. The number of thioether (sulfide) groups is 1. The smallest absolute Gasteiger partial charge is 0.326 e. The molecule has 0 aliphatic carbocycles. The Kier molecular flexibility index (Phi) is 4.77. The Morgan fingerprint density at radius 3 is 2.92 bits per heavy atom. The van der Waals surface area contributed by atoms with Gasteiger partial charge in [-0.05, 0) is 30.2 Å². The molecule has 0 saturated carbocycles. The number of fused-ring (bicyclic) bond motifs is 1. The predicted molar refractivity (Wildman–Crippen MR) is 93.9 cm³/mol. The average Bonchev–Trinajstić information content (AvgIpc) is 3.10. The van der Waals surface area contributed by atoms with E-state index in [-0.39, 0.29) is 17.0 Å². The van der Waals surface area contributed by atoms with Crippen LogP contribution in [0.15, 0.2) is 23.1 Å². The molecule has 1 fully saturated rings. The number of carboxylic acids is 1. The van der Waals surface area contributed by atoms with Crippen LogP contribution in [0.25, 0.3) is 6.08 Å². The Labute approximate surface area is 148 Å². The van der Waals surface area contributed by atoms with Crippen molar-refractivity contribution in [2.75, 3.05) is 6.79 Å². The lowest BCUT2D eigenvalue weighted by Crippen LogP contribution is -2.43. The number of aliphatic carboxylic acids is 1. The molecule has 0 spiro atoms. The fourth-order valence-corrected chi connectivity index (χ4v) is 3.90. The van der Waals surface area contributed by atoms with Gasteiger partial charge in [0.05, 0.1) is 4.91 Å². The van der Waals surface area contributed by atoms with E-state index >= 15 is 0 Å². The summed E-state index contributed by atoms with van der Waals surface area (Å²) in [4.78, 5) is 25.7. The molecule has 2 aliphatic rings. The Bertz CT molecular complexity index is 746. The summed E-state index contributed by atoms with van der Waals surface area (Å²) in [6.07, 6.45) is 2.69. The molecule has 1 saturated heterocycles. The second-order valence-electron chi connectivity index (χ2n) is 5.31. The molecule has 2 heterocycles.